The van der Waals surface area contributed by atoms with Gasteiger partial charge in [-0.05, 0) is 39.0 Å². The molecule has 0 aromatic rings. The summed E-state index contributed by atoms with van der Waals surface area (Å²) in [6.07, 6.45) is 31.2. The highest BCUT2D eigenvalue weighted by atomic mass is 16.3. The van der Waals surface area contributed by atoms with Crippen molar-refractivity contribution in [2.24, 2.45) is 0 Å². The molecule has 236 valence electrons. The summed E-state index contributed by atoms with van der Waals surface area (Å²) in [4.78, 5) is 12.4. The van der Waals surface area contributed by atoms with Gasteiger partial charge in [0, 0.05) is 0 Å². The maximum Gasteiger partial charge on any atom is 0.249 e. The maximum atomic E-state index is 12.4. The zero-order chi connectivity index (χ0) is 29.7. The van der Waals surface area contributed by atoms with E-state index in [0.717, 1.165) is 38.5 Å². The summed E-state index contributed by atoms with van der Waals surface area (Å²) in [5.74, 6) is -0.515. The first-order valence-electron chi connectivity index (χ1n) is 17.1. The van der Waals surface area contributed by atoms with Gasteiger partial charge in [-0.15, -0.1) is 0 Å². The fourth-order valence-corrected chi connectivity index (χ4v) is 5.09. The Bertz CT molecular complexity index is 619. The lowest BCUT2D eigenvalue weighted by molar-refractivity contribution is -0.131. The number of hydrogen-bond donors (Lipinski definition) is 4. The molecule has 5 nitrogen and oxygen atoms in total. The lowest BCUT2D eigenvalue weighted by Crippen LogP contribution is -2.48. The Hall–Kier alpha value is -1.17. The van der Waals surface area contributed by atoms with E-state index in [1.807, 2.05) is 6.08 Å². The SMILES string of the molecule is CCCCCCCCCCCCCCC(O)C(=O)NC(CO)C(O)C=CCCC=C(C)CCCCCCCCC. The summed E-state index contributed by atoms with van der Waals surface area (Å²) in [5, 5.41) is 32.9. The highest BCUT2D eigenvalue weighted by Crippen LogP contribution is 2.14. The molecule has 3 unspecified atom stereocenters. The van der Waals surface area contributed by atoms with Crippen molar-refractivity contribution in [2.45, 2.75) is 187 Å². The van der Waals surface area contributed by atoms with Crippen LogP contribution in [0.5, 0.6) is 0 Å². The molecule has 3 atom stereocenters. The molecule has 5 heteroatoms. The van der Waals surface area contributed by atoms with Gasteiger partial charge in [-0.2, -0.15) is 0 Å². The number of unbranched alkanes of at least 4 members (excludes halogenated alkanes) is 18. The molecule has 0 aromatic heterocycles. The number of nitrogens with one attached hydrogen (secondary N) is 1. The molecular weight excluding hydrogens is 498 g/mol. The van der Waals surface area contributed by atoms with Crippen molar-refractivity contribution >= 4 is 5.91 Å². The number of aliphatic hydroxyl groups excluding tert-OH is 3. The van der Waals surface area contributed by atoms with Crippen molar-refractivity contribution in [3.05, 3.63) is 23.8 Å². The van der Waals surface area contributed by atoms with Crippen molar-refractivity contribution in [3.8, 4) is 0 Å². The fraction of sp³-hybridized carbons (Fsp3) is 0.857. The van der Waals surface area contributed by atoms with Crippen LogP contribution in [0.4, 0.5) is 0 Å². The molecule has 0 aliphatic carbocycles. The van der Waals surface area contributed by atoms with Crippen molar-refractivity contribution in [1.82, 2.24) is 5.32 Å². The Morgan fingerprint density at radius 3 is 1.68 bits per heavy atom. The van der Waals surface area contributed by atoms with Crippen LogP contribution in [0.1, 0.15) is 168 Å². The molecule has 0 rings (SSSR count). The molecule has 0 bridgehead atoms. The standard InChI is InChI=1S/C35H67NO4/c1-4-6-8-10-12-13-14-15-16-18-20-24-29-34(39)35(40)36-32(30-37)33(38)28-25-21-23-27-31(3)26-22-19-17-11-9-7-5-2/h25,27-28,32-34,37-39H,4-24,26,29-30H2,1-3H3,(H,36,40). The molecule has 0 aliphatic heterocycles. The fourth-order valence-electron chi connectivity index (χ4n) is 5.09. The predicted octanol–water partition coefficient (Wildman–Crippen LogP) is 8.70. The lowest BCUT2D eigenvalue weighted by atomic mass is 10.0. The summed E-state index contributed by atoms with van der Waals surface area (Å²) in [6.45, 7) is 6.32. The first-order chi connectivity index (χ1) is 19.5. The normalized spacial score (nSPS) is 14.5. The molecule has 0 heterocycles. The molecule has 4 N–H and O–H groups in total. The van der Waals surface area contributed by atoms with E-state index in [-0.39, 0.29) is 6.61 Å². The Balaban J connectivity index is 3.95. The number of allylic oxidation sites excluding steroid dienone is 3. The summed E-state index contributed by atoms with van der Waals surface area (Å²) >= 11 is 0. The zero-order valence-corrected chi connectivity index (χ0v) is 26.7. The van der Waals surface area contributed by atoms with E-state index in [4.69, 9.17) is 0 Å². The summed E-state index contributed by atoms with van der Waals surface area (Å²) in [7, 11) is 0. The highest BCUT2D eigenvalue weighted by Gasteiger charge is 2.22. The predicted molar refractivity (Wildman–Crippen MR) is 171 cm³/mol. The van der Waals surface area contributed by atoms with E-state index >= 15 is 0 Å². The first-order valence-corrected chi connectivity index (χ1v) is 17.1. The molecule has 0 saturated carbocycles. The maximum absolute atomic E-state index is 12.4. The Kier molecular flexibility index (Phi) is 28.5. The number of amides is 1. The van der Waals surface area contributed by atoms with E-state index in [1.165, 1.54) is 108 Å². The van der Waals surface area contributed by atoms with Gasteiger partial charge in [0.05, 0.1) is 18.8 Å². The van der Waals surface area contributed by atoms with E-state index in [0.29, 0.717) is 6.42 Å². The Morgan fingerprint density at radius 1 is 0.700 bits per heavy atom. The molecule has 0 aromatic carbocycles. The van der Waals surface area contributed by atoms with Crippen molar-refractivity contribution < 1.29 is 20.1 Å². The Labute approximate surface area is 248 Å². The van der Waals surface area contributed by atoms with Crippen LogP contribution in [-0.4, -0.2) is 46.1 Å². The van der Waals surface area contributed by atoms with Crippen LogP contribution in [0.15, 0.2) is 23.8 Å². The summed E-state index contributed by atoms with van der Waals surface area (Å²) in [5.41, 5.74) is 1.42. The lowest BCUT2D eigenvalue weighted by Gasteiger charge is -2.21. The third-order valence-corrected chi connectivity index (χ3v) is 7.90. The number of hydrogen-bond acceptors (Lipinski definition) is 4. The third-order valence-electron chi connectivity index (χ3n) is 7.90. The van der Waals surface area contributed by atoms with Crippen molar-refractivity contribution in [2.75, 3.05) is 6.61 Å². The quantitative estimate of drug-likeness (QED) is 0.0539. The molecule has 0 saturated heterocycles. The molecule has 0 fully saturated rings. The number of aliphatic hydroxyl groups is 3. The van der Waals surface area contributed by atoms with Gasteiger partial charge in [-0.1, -0.05) is 153 Å². The van der Waals surface area contributed by atoms with Gasteiger partial charge >= 0.3 is 0 Å². The minimum atomic E-state index is -1.10. The average Bonchev–Trinajstić information content (AvgIpc) is 2.95. The number of carbonyl (C=O) groups is 1. The van der Waals surface area contributed by atoms with Gasteiger partial charge in [-0.25, -0.2) is 0 Å². The van der Waals surface area contributed by atoms with E-state index < -0.39 is 24.2 Å². The number of carbonyl (C=O) groups excluding carboxylic acids is 1. The first kappa shape index (κ1) is 38.8. The van der Waals surface area contributed by atoms with Crippen LogP contribution in [0.2, 0.25) is 0 Å². The van der Waals surface area contributed by atoms with Crippen molar-refractivity contribution in [1.29, 1.82) is 0 Å². The van der Waals surface area contributed by atoms with Gasteiger partial charge in [-0.3, -0.25) is 4.79 Å². The van der Waals surface area contributed by atoms with E-state index in [9.17, 15) is 20.1 Å². The largest absolute Gasteiger partial charge is 0.394 e. The minimum absolute atomic E-state index is 0.375. The molecular formula is C35H67NO4. The number of rotatable bonds is 29. The van der Waals surface area contributed by atoms with Crippen LogP contribution in [0.3, 0.4) is 0 Å². The van der Waals surface area contributed by atoms with Crippen LogP contribution in [0.25, 0.3) is 0 Å². The molecule has 1 amide bonds. The van der Waals surface area contributed by atoms with Gasteiger partial charge in [0.2, 0.25) is 5.91 Å². The zero-order valence-electron chi connectivity index (χ0n) is 26.7. The summed E-state index contributed by atoms with van der Waals surface area (Å²) < 4.78 is 0. The van der Waals surface area contributed by atoms with Crippen molar-refractivity contribution in [3.63, 3.8) is 0 Å². The second kappa shape index (κ2) is 29.3. The second-order valence-corrected chi connectivity index (χ2v) is 11.9. The van der Waals surface area contributed by atoms with Gasteiger partial charge in [0.25, 0.3) is 0 Å². The van der Waals surface area contributed by atoms with Gasteiger partial charge in [0.15, 0.2) is 0 Å². The van der Waals surface area contributed by atoms with E-state index in [2.05, 4.69) is 32.2 Å². The monoisotopic (exact) mass is 566 g/mol. The topological polar surface area (TPSA) is 89.8 Å². The molecule has 0 spiro atoms. The highest BCUT2D eigenvalue weighted by molar-refractivity contribution is 5.80. The molecule has 0 aliphatic rings. The third kappa shape index (κ3) is 24.6. The minimum Gasteiger partial charge on any atom is -0.394 e. The van der Waals surface area contributed by atoms with Crippen LogP contribution in [0, 0.1) is 0 Å². The van der Waals surface area contributed by atoms with E-state index in [1.54, 1.807) is 6.08 Å². The Morgan fingerprint density at radius 2 is 1.18 bits per heavy atom. The molecule has 40 heavy (non-hydrogen) atoms. The molecule has 0 radical (unpaired) electrons. The van der Waals surface area contributed by atoms with Crippen LogP contribution < -0.4 is 5.32 Å². The van der Waals surface area contributed by atoms with Crippen LogP contribution in [-0.2, 0) is 4.79 Å². The summed E-state index contributed by atoms with van der Waals surface area (Å²) in [6, 6.07) is -0.810. The second-order valence-electron chi connectivity index (χ2n) is 11.9. The van der Waals surface area contributed by atoms with Gasteiger partial charge in [0.1, 0.15) is 6.10 Å². The average molecular weight is 566 g/mol. The van der Waals surface area contributed by atoms with Gasteiger partial charge < -0.3 is 20.6 Å². The smallest absolute Gasteiger partial charge is 0.249 e. The van der Waals surface area contributed by atoms with Crippen LogP contribution >= 0.6 is 0 Å².